The first-order valence-electron chi connectivity index (χ1n) is 10.8. The van der Waals surface area contributed by atoms with E-state index >= 15 is 0 Å². The number of benzene rings is 2. The van der Waals surface area contributed by atoms with Crippen molar-refractivity contribution >= 4 is 54.9 Å². The normalized spacial score (nSPS) is 11.7. The summed E-state index contributed by atoms with van der Waals surface area (Å²) in [5.41, 5.74) is -0.127. The van der Waals surface area contributed by atoms with E-state index in [1.807, 2.05) is 0 Å². The molecule has 8 nitrogen and oxygen atoms in total. The molecule has 0 saturated heterocycles. The zero-order chi connectivity index (χ0) is 28.3. The Bertz CT molecular complexity index is 1420. The number of hydrogen-bond donors (Lipinski definition) is 0. The predicted octanol–water partition coefficient (Wildman–Crippen LogP) is 5.75. The Labute approximate surface area is 229 Å². The monoisotopic (exact) mass is 635 g/mol. The summed E-state index contributed by atoms with van der Waals surface area (Å²) in [5.74, 6) is -1.21. The number of ether oxygens (including phenoxy) is 3. The Kier molecular flexibility index (Phi) is 9.10. The Balaban J connectivity index is 1.89. The number of anilines is 1. The van der Waals surface area contributed by atoms with Gasteiger partial charge in [0.1, 0.15) is 0 Å². The molecule has 0 atom stereocenters. The summed E-state index contributed by atoms with van der Waals surface area (Å²) in [5, 5.41) is 0. The quantitative estimate of drug-likeness (QED) is 0.276. The lowest BCUT2D eigenvalue weighted by molar-refractivity contribution is -0.145. The van der Waals surface area contributed by atoms with Crippen LogP contribution in [0, 0.1) is 0 Å². The number of methoxy groups -OCH3 is 1. The molecule has 0 spiro atoms. The number of carbonyl (C=O) groups excluding carboxylic acids is 2. The molecular formula is C24H21BrF3NO7S2. The van der Waals surface area contributed by atoms with Gasteiger partial charge < -0.3 is 14.2 Å². The number of nitrogens with zero attached hydrogens (tertiary/aromatic N) is 1. The topological polar surface area (TPSA) is 99.2 Å². The maximum Gasteiger partial charge on any atom is 0.416 e. The van der Waals surface area contributed by atoms with Crippen LogP contribution in [0.25, 0.3) is 10.4 Å². The van der Waals surface area contributed by atoms with E-state index in [4.69, 9.17) is 14.2 Å². The highest BCUT2D eigenvalue weighted by Gasteiger charge is 2.31. The van der Waals surface area contributed by atoms with Crippen molar-refractivity contribution in [2.45, 2.75) is 18.0 Å². The highest BCUT2D eigenvalue weighted by molar-refractivity contribution is 9.10. The molecule has 38 heavy (non-hydrogen) atoms. The molecule has 0 unspecified atom stereocenters. The van der Waals surface area contributed by atoms with Crippen LogP contribution in [0.2, 0.25) is 0 Å². The average molecular weight is 636 g/mol. The SMILES string of the molecule is CCOC(=O)COc1c(C(=O)OC)sc(-c2ccc(N(C)S(=O)(=O)c3ccc(C(F)(F)F)cc3)cc2)c1Br. The largest absolute Gasteiger partial charge is 0.479 e. The maximum absolute atomic E-state index is 13.0. The van der Waals surface area contributed by atoms with E-state index in [9.17, 15) is 31.2 Å². The van der Waals surface area contributed by atoms with Gasteiger partial charge in [-0.1, -0.05) is 12.1 Å². The minimum Gasteiger partial charge on any atom is -0.479 e. The molecule has 0 N–H and O–H groups in total. The lowest BCUT2D eigenvalue weighted by atomic mass is 10.1. The molecule has 0 aliphatic carbocycles. The van der Waals surface area contributed by atoms with Crippen LogP contribution in [-0.4, -0.2) is 47.7 Å². The van der Waals surface area contributed by atoms with Crippen LogP contribution in [0.5, 0.6) is 5.75 Å². The highest BCUT2D eigenvalue weighted by Crippen LogP contribution is 2.46. The van der Waals surface area contributed by atoms with Gasteiger partial charge >= 0.3 is 18.1 Å². The van der Waals surface area contributed by atoms with Gasteiger partial charge in [0.05, 0.1) is 39.2 Å². The summed E-state index contributed by atoms with van der Waals surface area (Å²) in [6.07, 6.45) is -4.59. The van der Waals surface area contributed by atoms with E-state index in [1.165, 1.54) is 26.3 Å². The zero-order valence-corrected chi connectivity index (χ0v) is 23.4. The first-order valence-corrected chi connectivity index (χ1v) is 13.8. The summed E-state index contributed by atoms with van der Waals surface area (Å²) in [6, 6.07) is 9.41. The van der Waals surface area contributed by atoms with Crippen molar-refractivity contribution in [2.75, 3.05) is 31.7 Å². The summed E-state index contributed by atoms with van der Waals surface area (Å²) >= 11 is 4.43. The zero-order valence-electron chi connectivity index (χ0n) is 20.2. The van der Waals surface area contributed by atoms with Gasteiger partial charge in [-0.15, -0.1) is 11.3 Å². The second-order valence-electron chi connectivity index (χ2n) is 7.53. The molecule has 204 valence electrons. The Morgan fingerprint density at radius 1 is 1.05 bits per heavy atom. The number of hydrogen-bond acceptors (Lipinski definition) is 8. The fourth-order valence-electron chi connectivity index (χ4n) is 3.21. The second-order valence-corrected chi connectivity index (χ2v) is 11.3. The third-order valence-corrected chi connectivity index (χ3v) is 9.17. The molecule has 0 aliphatic heterocycles. The van der Waals surface area contributed by atoms with Crippen molar-refractivity contribution in [3.8, 4) is 16.2 Å². The van der Waals surface area contributed by atoms with Gasteiger partial charge in [0.25, 0.3) is 10.0 Å². The smallest absolute Gasteiger partial charge is 0.416 e. The number of esters is 2. The minimum absolute atomic E-state index is 0.0935. The van der Waals surface area contributed by atoms with Gasteiger partial charge in [0.15, 0.2) is 17.2 Å². The molecule has 0 amide bonds. The van der Waals surface area contributed by atoms with Crippen LogP contribution < -0.4 is 9.04 Å². The third kappa shape index (κ3) is 6.30. The van der Waals surface area contributed by atoms with Crippen molar-refractivity contribution in [3.05, 3.63) is 63.4 Å². The number of rotatable bonds is 9. The number of alkyl halides is 3. The van der Waals surface area contributed by atoms with Crippen molar-refractivity contribution in [3.63, 3.8) is 0 Å². The standard InChI is InChI=1S/C24H21BrF3NO7S2/c1-4-35-18(30)13-36-20-19(25)21(37-22(20)23(31)34-3)14-5-9-16(10-6-14)29(2)38(32,33)17-11-7-15(8-12-17)24(26,27)28/h5-12H,4,13H2,1-3H3. The third-order valence-electron chi connectivity index (χ3n) is 5.15. The number of halogens is 4. The van der Waals surface area contributed by atoms with Gasteiger partial charge in [0, 0.05) is 7.05 Å². The van der Waals surface area contributed by atoms with Crippen molar-refractivity contribution in [2.24, 2.45) is 0 Å². The number of thiophene rings is 1. The molecule has 3 rings (SSSR count). The van der Waals surface area contributed by atoms with Crippen LogP contribution >= 0.6 is 27.3 Å². The summed E-state index contributed by atoms with van der Waals surface area (Å²) in [4.78, 5) is 24.4. The van der Waals surface area contributed by atoms with Crippen molar-refractivity contribution in [1.29, 1.82) is 0 Å². The van der Waals surface area contributed by atoms with E-state index in [2.05, 4.69) is 15.9 Å². The van der Waals surface area contributed by atoms with Crippen LogP contribution in [0.4, 0.5) is 18.9 Å². The summed E-state index contributed by atoms with van der Waals surface area (Å²) < 4.78 is 80.9. The molecule has 1 heterocycles. The number of sulfonamides is 1. The van der Waals surface area contributed by atoms with E-state index in [0.29, 0.717) is 27.0 Å². The van der Waals surface area contributed by atoms with Gasteiger partial charge in [0.2, 0.25) is 0 Å². The first-order chi connectivity index (χ1) is 17.8. The van der Waals surface area contributed by atoms with E-state index in [1.54, 1.807) is 19.1 Å². The Hall–Kier alpha value is -3.10. The second kappa shape index (κ2) is 11.7. The fourth-order valence-corrected chi connectivity index (χ4v) is 6.38. The van der Waals surface area contributed by atoms with Crippen molar-refractivity contribution in [1.82, 2.24) is 0 Å². The predicted molar refractivity (Wildman–Crippen MR) is 138 cm³/mol. The average Bonchev–Trinajstić information content (AvgIpc) is 3.22. The van der Waals surface area contributed by atoms with E-state index in [-0.39, 0.29) is 27.8 Å². The molecule has 3 aromatic rings. The van der Waals surface area contributed by atoms with Crippen LogP contribution in [0.3, 0.4) is 0 Å². The first kappa shape index (κ1) is 29.5. The molecule has 14 heteroatoms. The Morgan fingerprint density at radius 2 is 1.66 bits per heavy atom. The molecule has 0 aliphatic rings. The lowest BCUT2D eigenvalue weighted by Gasteiger charge is -2.20. The van der Waals surface area contributed by atoms with Gasteiger partial charge in [-0.3, -0.25) is 4.31 Å². The van der Waals surface area contributed by atoms with E-state index < -0.39 is 40.3 Å². The maximum atomic E-state index is 13.0. The molecular weight excluding hydrogens is 615 g/mol. The minimum atomic E-state index is -4.59. The van der Waals surface area contributed by atoms with Crippen molar-refractivity contribution < 1.29 is 45.4 Å². The molecule has 0 saturated carbocycles. The van der Waals surface area contributed by atoms with Crippen LogP contribution in [0.15, 0.2) is 57.9 Å². The van der Waals surface area contributed by atoms with E-state index in [0.717, 1.165) is 27.8 Å². The molecule has 0 radical (unpaired) electrons. The van der Waals surface area contributed by atoms with Gasteiger partial charge in [-0.2, -0.15) is 13.2 Å². The number of carbonyl (C=O) groups is 2. The van der Waals surface area contributed by atoms with Gasteiger partial charge in [-0.05, 0) is 64.8 Å². The van der Waals surface area contributed by atoms with Gasteiger partial charge in [-0.25, -0.2) is 18.0 Å². The fraction of sp³-hybridized carbons (Fsp3) is 0.250. The lowest BCUT2D eigenvalue weighted by Crippen LogP contribution is -2.26. The molecule has 1 aromatic heterocycles. The van der Waals surface area contributed by atoms with Crippen LogP contribution in [0.1, 0.15) is 22.2 Å². The Morgan fingerprint density at radius 3 is 2.18 bits per heavy atom. The molecule has 0 fully saturated rings. The molecule has 0 bridgehead atoms. The summed E-state index contributed by atoms with van der Waals surface area (Å²) in [7, 11) is -1.66. The highest BCUT2D eigenvalue weighted by atomic mass is 79.9. The van der Waals surface area contributed by atoms with Crippen LogP contribution in [-0.2, 0) is 30.5 Å². The molecule has 2 aromatic carbocycles. The summed E-state index contributed by atoms with van der Waals surface area (Å²) in [6.45, 7) is 1.38.